The number of carbonyl (C=O) groups is 1. The standard InChI is InChI=1S/C18H26N4O/c1-20-17(22-10-9-18(13-22)7-2-3-8-18)21-12-14-5-4-6-15(11-14)16(19)23/h4-6,11H,2-3,7-10,12-13H2,1H3,(H2,19,23)(H,20,21). The lowest BCUT2D eigenvalue weighted by Gasteiger charge is -2.26. The molecule has 1 amide bonds. The zero-order valence-corrected chi connectivity index (χ0v) is 13.8. The first kappa shape index (κ1) is 15.8. The van der Waals surface area contributed by atoms with Gasteiger partial charge in [-0.3, -0.25) is 9.79 Å². The van der Waals surface area contributed by atoms with E-state index in [9.17, 15) is 4.79 Å². The number of aliphatic imine (C=N–C) groups is 1. The average molecular weight is 314 g/mol. The lowest BCUT2D eigenvalue weighted by atomic mass is 9.86. The summed E-state index contributed by atoms with van der Waals surface area (Å²) in [5.41, 5.74) is 7.46. The summed E-state index contributed by atoms with van der Waals surface area (Å²) in [6.45, 7) is 2.85. The number of likely N-dealkylation sites (tertiary alicyclic amines) is 1. The van der Waals surface area contributed by atoms with Crippen LogP contribution in [0.2, 0.25) is 0 Å². The van der Waals surface area contributed by atoms with Crippen molar-refractivity contribution in [2.24, 2.45) is 16.1 Å². The molecule has 1 saturated heterocycles. The highest BCUT2D eigenvalue weighted by atomic mass is 16.1. The number of amides is 1. The number of nitrogens with two attached hydrogens (primary N) is 1. The Hall–Kier alpha value is -2.04. The maximum atomic E-state index is 11.3. The van der Waals surface area contributed by atoms with Crippen molar-refractivity contribution >= 4 is 11.9 Å². The molecule has 1 spiro atoms. The van der Waals surface area contributed by atoms with Gasteiger partial charge in [-0.25, -0.2) is 0 Å². The second-order valence-electron chi connectivity index (χ2n) is 6.84. The Balaban J connectivity index is 1.60. The van der Waals surface area contributed by atoms with Crippen molar-refractivity contribution in [3.05, 3.63) is 35.4 Å². The maximum absolute atomic E-state index is 11.3. The van der Waals surface area contributed by atoms with Gasteiger partial charge in [-0.2, -0.15) is 0 Å². The largest absolute Gasteiger partial charge is 0.366 e. The molecule has 1 aliphatic heterocycles. The highest BCUT2D eigenvalue weighted by Crippen LogP contribution is 2.45. The van der Waals surface area contributed by atoms with E-state index in [0.29, 0.717) is 17.5 Å². The Bertz CT molecular complexity index is 605. The zero-order valence-electron chi connectivity index (χ0n) is 13.8. The molecule has 2 aliphatic rings. The molecule has 1 aliphatic carbocycles. The van der Waals surface area contributed by atoms with Crippen molar-refractivity contribution in [3.63, 3.8) is 0 Å². The molecular weight excluding hydrogens is 288 g/mol. The average Bonchev–Trinajstić information content (AvgIpc) is 3.19. The molecule has 2 fully saturated rings. The van der Waals surface area contributed by atoms with Gasteiger partial charge in [-0.15, -0.1) is 0 Å². The summed E-state index contributed by atoms with van der Waals surface area (Å²) in [4.78, 5) is 18.1. The SMILES string of the molecule is CN=C(NCc1cccc(C(N)=O)c1)N1CCC2(CCCC2)C1. The van der Waals surface area contributed by atoms with Crippen LogP contribution in [0, 0.1) is 5.41 Å². The number of benzene rings is 1. The molecule has 0 bridgehead atoms. The number of guanidine groups is 1. The van der Waals surface area contributed by atoms with E-state index in [2.05, 4.69) is 15.2 Å². The van der Waals surface area contributed by atoms with Crippen molar-refractivity contribution in [1.29, 1.82) is 0 Å². The van der Waals surface area contributed by atoms with Crippen LogP contribution in [-0.2, 0) is 6.54 Å². The highest BCUT2D eigenvalue weighted by Gasteiger charge is 2.40. The zero-order chi connectivity index (χ0) is 16.3. The molecule has 23 heavy (non-hydrogen) atoms. The second-order valence-corrected chi connectivity index (χ2v) is 6.84. The lowest BCUT2D eigenvalue weighted by molar-refractivity contribution is 0.1000. The fourth-order valence-electron chi connectivity index (χ4n) is 4.00. The predicted octanol–water partition coefficient (Wildman–Crippen LogP) is 2.13. The molecule has 0 atom stereocenters. The van der Waals surface area contributed by atoms with Gasteiger partial charge in [0.15, 0.2) is 5.96 Å². The van der Waals surface area contributed by atoms with E-state index < -0.39 is 0 Å². The minimum atomic E-state index is -0.390. The Morgan fingerprint density at radius 3 is 2.83 bits per heavy atom. The summed E-state index contributed by atoms with van der Waals surface area (Å²) >= 11 is 0. The Morgan fingerprint density at radius 2 is 2.13 bits per heavy atom. The minimum absolute atomic E-state index is 0.390. The molecule has 124 valence electrons. The molecule has 5 heteroatoms. The normalized spacial score (nSPS) is 20.2. The maximum Gasteiger partial charge on any atom is 0.248 e. The first-order valence-electron chi connectivity index (χ1n) is 8.46. The third-order valence-electron chi connectivity index (χ3n) is 5.28. The monoisotopic (exact) mass is 314 g/mol. The molecule has 0 radical (unpaired) electrons. The van der Waals surface area contributed by atoms with Crippen LogP contribution in [0.3, 0.4) is 0 Å². The minimum Gasteiger partial charge on any atom is -0.366 e. The molecule has 5 nitrogen and oxygen atoms in total. The van der Waals surface area contributed by atoms with Gasteiger partial charge in [0, 0.05) is 32.2 Å². The quantitative estimate of drug-likeness (QED) is 0.663. The van der Waals surface area contributed by atoms with Crippen LogP contribution in [0.25, 0.3) is 0 Å². The molecule has 3 N–H and O–H groups in total. The fraction of sp³-hybridized carbons (Fsp3) is 0.556. The van der Waals surface area contributed by atoms with Gasteiger partial charge in [0.1, 0.15) is 0 Å². The summed E-state index contributed by atoms with van der Waals surface area (Å²) in [5, 5.41) is 3.42. The Kier molecular flexibility index (Phi) is 4.55. The smallest absolute Gasteiger partial charge is 0.248 e. The van der Waals surface area contributed by atoms with E-state index in [1.54, 1.807) is 6.07 Å². The van der Waals surface area contributed by atoms with Gasteiger partial charge in [0.25, 0.3) is 0 Å². The number of rotatable bonds is 3. The highest BCUT2D eigenvalue weighted by molar-refractivity contribution is 5.92. The number of nitrogens with zero attached hydrogens (tertiary/aromatic N) is 2. The van der Waals surface area contributed by atoms with E-state index in [0.717, 1.165) is 24.6 Å². The van der Waals surface area contributed by atoms with Crippen molar-refractivity contribution in [2.45, 2.75) is 38.6 Å². The molecule has 1 aromatic rings. The van der Waals surface area contributed by atoms with Crippen LogP contribution in [0.15, 0.2) is 29.3 Å². The van der Waals surface area contributed by atoms with E-state index in [-0.39, 0.29) is 5.91 Å². The van der Waals surface area contributed by atoms with Gasteiger partial charge in [-0.1, -0.05) is 25.0 Å². The summed E-state index contributed by atoms with van der Waals surface area (Å²) < 4.78 is 0. The van der Waals surface area contributed by atoms with Crippen LogP contribution in [0.4, 0.5) is 0 Å². The number of hydrogen-bond acceptors (Lipinski definition) is 2. The van der Waals surface area contributed by atoms with Gasteiger partial charge in [0.05, 0.1) is 0 Å². The summed E-state index contributed by atoms with van der Waals surface area (Å²) in [7, 11) is 1.84. The third kappa shape index (κ3) is 3.49. The lowest BCUT2D eigenvalue weighted by Crippen LogP contribution is -2.40. The summed E-state index contributed by atoms with van der Waals surface area (Å²) in [6.07, 6.45) is 6.76. The van der Waals surface area contributed by atoms with E-state index in [4.69, 9.17) is 5.73 Å². The van der Waals surface area contributed by atoms with Crippen molar-refractivity contribution in [1.82, 2.24) is 10.2 Å². The number of primary amides is 1. The van der Waals surface area contributed by atoms with Crippen LogP contribution < -0.4 is 11.1 Å². The summed E-state index contributed by atoms with van der Waals surface area (Å²) in [6, 6.07) is 7.44. The van der Waals surface area contributed by atoms with E-state index >= 15 is 0 Å². The third-order valence-corrected chi connectivity index (χ3v) is 5.28. The molecule has 0 unspecified atom stereocenters. The van der Waals surface area contributed by atoms with Crippen molar-refractivity contribution < 1.29 is 4.79 Å². The molecule has 3 rings (SSSR count). The Labute approximate surface area is 138 Å². The number of hydrogen-bond donors (Lipinski definition) is 2. The van der Waals surface area contributed by atoms with Gasteiger partial charge < -0.3 is 16.0 Å². The predicted molar refractivity (Wildman–Crippen MR) is 92.2 cm³/mol. The van der Waals surface area contributed by atoms with Crippen LogP contribution in [0.5, 0.6) is 0 Å². The van der Waals surface area contributed by atoms with E-state index in [1.165, 1.54) is 32.1 Å². The van der Waals surface area contributed by atoms with Gasteiger partial charge in [-0.05, 0) is 42.4 Å². The van der Waals surface area contributed by atoms with Crippen LogP contribution in [0.1, 0.15) is 48.0 Å². The van der Waals surface area contributed by atoms with Crippen LogP contribution >= 0.6 is 0 Å². The first-order valence-corrected chi connectivity index (χ1v) is 8.46. The fourth-order valence-corrected chi connectivity index (χ4v) is 4.00. The van der Waals surface area contributed by atoms with E-state index in [1.807, 2.05) is 25.2 Å². The Morgan fingerprint density at radius 1 is 1.35 bits per heavy atom. The molecule has 1 aromatic carbocycles. The number of nitrogens with one attached hydrogen (secondary N) is 1. The first-order chi connectivity index (χ1) is 11.1. The molecule has 0 aromatic heterocycles. The van der Waals surface area contributed by atoms with Crippen molar-refractivity contribution in [2.75, 3.05) is 20.1 Å². The summed E-state index contributed by atoms with van der Waals surface area (Å²) in [5.74, 6) is 0.567. The molecule has 1 saturated carbocycles. The van der Waals surface area contributed by atoms with Crippen molar-refractivity contribution in [3.8, 4) is 0 Å². The second kappa shape index (κ2) is 6.60. The van der Waals surface area contributed by atoms with Gasteiger partial charge in [0.2, 0.25) is 5.91 Å². The van der Waals surface area contributed by atoms with Crippen LogP contribution in [-0.4, -0.2) is 36.9 Å². The van der Waals surface area contributed by atoms with Gasteiger partial charge >= 0.3 is 0 Å². The molecule has 1 heterocycles. The topological polar surface area (TPSA) is 70.7 Å². The number of carbonyl (C=O) groups excluding carboxylic acids is 1. The molecular formula is C18H26N4O.